The van der Waals surface area contributed by atoms with Gasteiger partial charge in [0.25, 0.3) is 5.91 Å². The van der Waals surface area contributed by atoms with Crippen LogP contribution in [-0.4, -0.2) is 85.6 Å². The highest BCUT2D eigenvalue weighted by Crippen LogP contribution is 2.34. The summed E-state index contributed by atoms with van der Waals surface area (Å²) in [6.07, 6.45) is -4.52. The molecule has 3 amide bonds. The van der Waals surface area contributed by atoms with E-state index in [1.54, 1.807) is 36.1 Å². The summed E-state index contributed by atoms with van der Waals surface area (Å²) in [6, 6.07) is 9.61. The number of nitrogens with zero attached hydrogens (tertiary/aromatic N) is 3. The summed E-state index contributed by atoms with van der Waals surface area (Å²) >= 11 is 0. The summed E-state index contributed by atoms with van der Waals surface area (Å²) in [4.78, 5) is 44.5. The van der Waals surface area contributed by atoms with Gasteiger partial charge in [0.05, 0.1) is 30.9 Å². The first-order valence-corrected chi connectivity index (χ1v) is 13.2. The number of ether oxygens (including phenoxy) is 2. The van der Waals surface area contributed by atoms with Crippen molar-refractivity contribution in [1.29, 1.82) is 0 Å². The predicted molar refractivity (Wildman–Crippen MR) is 144 cm³/mol. The second kappa shape index (κ2) is 12.2. The van der Waals surface area contributed by atoms with E-state index >= 15 is 0 Å². The Labute approximate surface area is 236 Å². The van der Waals surface area contributed by atoms with Crippen LogP contribution in [0.3, 0.4) is 0 Å². The number of carbonyl (C=O) groups excluding carboxylic acids is 3. The lowest BCUT2D eigenvalue weighted by atomic mass is 9.93. The molecule has 0 spiro atoms. The van der Waals surface area contributed by atoms with Crippen LogP contribution in [0.15, 0.2) is 59.8 Å². The zero-order valence-electron chi connectivity index (χ0n) is 23.3. The molecular weight excluding hydrogens is 541 g/mol. The van der Waals surface area contributed by atoms with Crippen molar-refractivity contribution < 1.29 is 37.0 Å². The molecule has 220 valence electrons. The molecule has 1 saturated heterocycles. The molecule has 0 bridgehead atoms. The van der Waals surface area contributed by atoms with Crippen LogP contribution in [0.25, 0.3) is 0 Å². The zero-order valence-corrected chi connectivity index (χ0v) is 23.3. The fraction of sp³-hybridized carbons (Fsp3) is 0.414. The maximum absolute atomic E-state index is 13.2. The third-order valence-electron chi connectivity index (χ3n) is 7.31. The molecule has 1 fully saturated rings. The predicted octanol–water partition coefficient (Wildman–Crippen LogP) is 4.07. The van der Waals surface area contributed by atoms with Crippen LogP contribution in [-0.2, 0) is 15.7 Å². The highest BCUT2D eigenvalue weighted by atomic mass is 19.4. The molecule has 4 rings (SSSR count). The van der Waals surface area contributed by atoms with E-state index in [4.69, 9.17) is 9.47 Å². The first kappa shape index (κ1) is 29.9. The third kappa shape index (κ3) is 6.48. The van der Waals surface area contributed by atoms with Crippen LogP contribution >= 0.6 is 0 Å². The van der Waals surface area contributed by atoms with Gasteiger partial charge in [0, 0.05) is 50.5 Å². The van der Waals surface area contributed by atoms with Gasteiger partial charge in [-0.1, -0.05) is 18.2 Å². The third-order valence-corrected chi connectivity index (χ3v) is 7.31. The van der Waals surface area contributed by atoms with Crippen molar-refractivity contribution in [3.8, 4) is 5.75 Å². The minimum atomic E-state index is -4.52. The van der Waals surface area contributed by atoms with Crippen molar-refractivity contribution in [2.75, 3.05) is 46.9 Å². The van der Waals surface area contributed by atoms with Gasteiger partial charge in [0.1, 0.15) is 5.75 Å². The molecule has 2 aromatic carbocycles. The SMILES string of the molecule is CCOC(=O)C1=C(CN2CCN(C(=O)c3cccc(OC)c3)[C@@H](C)C2)N(C)C(=O)N[C@H]1c1ccc(C(F)(F)F)cc1. The Balaban J connectivity index is 1.60. The van der Waals surface area contributed by atoms with Gasteiger partial charge in [-0.05, 0) is 49.7 Å². The first-order valence-electron chi connectivity index (χ1n) is 13.2. The van der Waals surface area contributed by atoms with E-state index in [9.17, 15) is 27.6 Å². The fourth-order valence-electron chi connectivity index (χ4n) is 5.12. The molecule has 12 heteroatoms. The monoisotopic (exact) mass is 574 g/mol. The lowest BCUT2D eigenvalue weighted by Crippen LogP contribution is -2.56. The standard InChI is InChI=1S/C29H33F3N4O5/c1-5-41-27(38)24-23(34(3)28(39)33-25(24)19-9-11-21(12-10-19)29(30,31)32)17-35-13-14-36(18(2)16-35)26(37)20-7-6-8-22(15-20)40-4/h6-12,15,18,25H,5,13-14,16-17H2,1-4H3,(H,33,39)/t18-,25-/m0/s1. The number of carbonyl (C=O) groups is 3. The Bertz CT molecular complexity index is 1330. The average molecular weight is 575 g/mol. The lowest BCUT2D eigenvalue weighted by molar-refractivity contribution is -0.139. The zero-order chi connectivity index (χ0) is 29.9. The van der Waals surface area contributed by atoms with Gasteiger partial charge in [0.15, 0.2) is 0 Å². The van der Waals surface area contributed by atoms with Crippen LogP contribution < -0.4 is 10.1 Å². The van der Waals surface area contributed by atoms with Gasteiger partial charge in [-0.2, -0.15) is 13.2 Å². The number of methoxy groups -OCH3 is 1. The molecule has 1 N–H and O–H groups in total. The number of piperazine rings is 1. The summed E-state index contributed by atoms with van der Waals surface area (Å²) in [5.41, 5.74) is 0.535. The summed E-state index contributed by atoms with van der Waals surface area (Å²) in [5, 5.41) is 2.72. The Morgan fingerprint density at radius 3 is 2.41 bits per heavy atom. The van der Waals surface area contributed by atoms with Crippen molar-refractivity contribution in [1.82, 2.24) is 20.0 Å². The van der Waals surface area contributed by atoms with E-state index in [1.807, 2.05) is 11.8 Å². The first-order chi connectivity index (χ1) is 19.4. The molecule has 2 aromatic rings. The average Bonchev–Trinajstić information content (AvgIpc) is 2.94. The number of amides is 3. The van der Waals surface area contributed by atoms with E-state index < -0.39 is 29.8 Å². The number of hydrogen-bond donors (Lipinski definition) is 1. The Morgan fingerprint density at radius 1 is 1.10 bits per heavy atom. The molecule has 41 heavy (non-hydrogen) atoms. The summed E-state index contributed by atoms with van der Waals surface area (Å²) < 4.78 is 50.0. The summed E-state index contributed by atoms with van der Waals surface area (Å²) in [6.45, 7) is 5.20. The quantitative estimate of drug-likeness (QED) is 0.502. The van der Waals surface area contributed by atoms with Gasteiger partial charge in [-0.3, -0.25) is 14.6 Å². The molecule has 2 aliphatic heterocycles. The molecular formula is C29H33F3N4O5. The van der Waals surface area contributed by atoms with Crippen molar-refractivity contribution in [2.24, 2.45) is 0 Å². The van der Waals surface area contributed by atoms with Gasteiger partial charge in [-0.25, -0.2) is 9.59 Å². The van der Waals surface area contributed by atoms with E-state index in [-0.39, 0.29) is 30.7 Å². The summed E-state index contributed by atoms with van der Waals surface area (Å²) in [5.74, 6) is -0.208. The molecule has 9 nitrogen and oxygen atoms in total. The van der Waals surface area contributed by atoms with Crippen LogP contribution in [0.4, 0.5) is 18.0 Å². The van der Waals surface area contributed by atoms with Gasteiger partial charge >= 0.3 is 18.2 Å². The molecule has 2 atom stereocenters. The maximum atomic E-state index is 13.2. The van der Waals surface area contributed by atoms with E-state index in [1.165, 1.54) is 31.2 Å². The van der Waals surface area contributed by atoms with Crippen LogP contribution in [0.5, 0.6) is 5.75 Å². The maximum Gasteiger partial charge on any atom is 0.416 e. The minimum Gasteiger partial charge on any atom is -0.497 e. The molecule has 0 unspecified atom stereocenters. The fourth-order valence-corrected chi connectivity index (χ4v) is 5.12. The molecule has 0 aromatic heterocycles. The number of urea groups is 1. The van der Waals surface area contributed by atoms with Crippen molar-refractivity contribution in [3.63, 3.8) is 0 Å². The number of esters is 1. The highest BCUT2D eigenvalue weighted by Gasteiger charge is 2.39. The highest BCUT2D eigenvalue weighted by molar-refractivity contribution is 5.96. The molecule has 0 saturated carbocycles. The van der Waals surface area contributed by atoms with Gasteiger partial charge < -0.3 is 19.7 Å². The topological polar surface area (TPSA) is 91.4 Å². The molecule has 0 radical (unpaired) electrons. The normalized spacial score (nSPS) is 20.1. The largest absolute Gasteiger partial charge is 0.497 e. The lowest BCUT2D eigenvalue weighted by Gasteiger charge is -2.42. The Morgan fingerprint density at radius 2 is 1.80 bits per heavy atom. The molecule has 0 aliphatic carbocycles. The van der Waals surface area contributed by atoms with E-state index in [2.05, 4.69) is 5.32 Å². The van der Waals surface area contributed by atoms with Crippen molar-refractivity contribution in [3.05, 3.63) is 76.5 Å². The van der Waals surface area contributed by atoms with Crippen molar-refractivity contribution >= 4 is 17.9 Å². The smallest absolute Gasteiger partial charge is 0.416 e. The minimum absolute atomic E-state index is 0.0785. The molecule has 2 heterocycles. The number of hydrogen-bond acceptors (Lipinski definition) is 6. The van der Waals surface area contributed by atoms with Gasteiger partial charge in [0.2, 0.25) is 0 Å². The number of alkyl halides is 3. The number of nitrogens with one attached hydrogen (secondary N) is 1. The Kier molecular flexibility index (Phi) is 8.91. The van der Waals surface area contributed by atoms with Crippen LogP contribution in [0, 0.1) is 0 Å². The van der Waals surface area contributed by atoms with Crippen LogP contribution in [0.1, 0.15) is 41.4 Å². The number of halogens is 3. The number of rotatable bonds is 7. The van der Waals surface area contributed by atoms with E-state index in [0.717, 1.165) is 12.1 Å². The number of likely N-dealkylation sites (N-methyl/N-ethyl adjacent to an activating group) is 1. The second-order valence-electron chi connectivity index (χ2n) is 9.96. The van der Waals surface area contributed by atoms with Crippen molar-refractivity contribution in [2.45, 2.75) is 32.1 Å². The molecule has 2 aliphatic rings. The summed E-state index contributed by atoms with van der Waals surface area (Å²) in [7, 11) is 3.06. The second-order valence-corrected chi connectivity index (χ2v) is 9.96. The van der Waals surface area contributed by atoms with Gasteiger partial charge in [-0.15, -0.1) is 0 Å². The van der Waals surface area contributed by atoms with Crippen LogP contribution in [0.2, 0.25) is 0 Å². The Hall–Kier alpha value is -4.06. The van der Waals surface area contributed by atoms with E-state index in [0.29, 0.717) is 42.2 Å². The number of benzene rings is 2.